The van der Waals surface area contributed by atoms with Crippen LogP contribution in [0, 0.1) is 0 Å². The van der Waals surface area contributed by atoms with Crippen molar-refractivity contribution in [1.82, 2.24) is 15.8 Å². The van der Waals surface area contributed by atoms with Gasteiger partial charge in [0.2, 0.25) is 5.91 Å². The van der Waals surface area contributed by atoms with E-state index in [0.29, 0.717) is 11.3 Å². The molecular weight excluding hydrogens is 270 g/mol. The lowest BCUT2D eigenvalue weighted by molar-refractivity contribution is -0.121. The fourth-order valence-electron chi connectivity index (χ4n) is 1.71. The number of pyridine rings is 1. The Balaban J connectivity index is 1.86. The number of hydrogen-bond donors (Lipinski definition) is 2. The van der Waals surface area contributed by atoms with Crippen LogP contribution in [0.4, 0.5) is 0 Å². The average molecular weight is 285 g/mol. The van der Waals surface area contributed by atoms with Crippen LogP contribution in [0.2, 0.25) is 0 Å². The number of aromatic nitrogens is 1. The lowest BCUT2D eigenvalue weighted by atomic mass is 10.1. The number of carbonyl (C=O) groups excluding carboxylic acids is 2. The third kappa shape index (κ3) is 4.31. The smallest absolute Gasteiger partial charge is 0.271 e. The molecule has 1 aromatic carbocycles. The van der Waals surface area contributed by atoms with Gasteiger partial charge < -0.3 is 4.74 Å². The standard InChI is InChI=1S/C15H15N3O3/c1-21-13-6-2-4-11(8-13)9-14(19)17-18-15(20)12-5-3-7-16-10-12/h2-8,10H,9H2,1H3,(H,17,19)(H,18,20). The highest BCUT2D eigenvalue weighted by Crippen LogP contribution is 2.12. The highest BCUT2D eigenvalue weighted by molar-refractivity contribution is 5.95. The molecule has 0 fully saturated rings. The maximum absolute atomic E-state index is 11.8. The molecule has 0 saturated heterocycles. The lowest BCUT2D eigenvalue weighted by Crippen LogP contribution is -2.42. The molecule has 0 unspecified atom stereocenters. The van der Waals surface area contributed by atoms with E-state index in [-0.39, 0.29) is 12.3 Å². The zero-order chi connectivity index (χ0) is 15.1. The molecule has 108 valence electrons. The summed E-state index contributed by atoms with van der Waals surface area (Å²) in [6, 6.07) is 10.4. The van der Waals surface area contributed by atoms with E-state index >= 15 is 0 Å². The first-order chi connectivity index (χ1) is 10.2. The van der Waals surface area contributed by atoms with Crippen LogP contribution in [0.15, 0.2) is 48.8 Å². The van der Waals surface area contributed by atoms with Gasteiger partial charge in [-0.1, -0.05) is 12.1 Å². The third-order valence-electron chi connectivity index (χ3n) is 2.74. The van der Waals surface area contributed by atoms with Gasteiger partial charge in [-0.15, -0.1) is 0 Å². The summed E-state index contributed by atoms with van der Waals surface area (Å²) in [6.45, 7) is 0. The van der Waals surface area contributed by atoms with Gasteiger partial charge in [0.15, 0.2) is 0 Å². The van der Waals surface area contributed by atoms with Gasteiger partial charge in [0.05, 0.1) is 19.1 Å². The number of rotatable bonds is 4. The van der Waals surface area contributed by atoms with Gasteiger partial charge in [-0.2, -0.15) is 0 Å². The van der Waals surface area contributed by atoms with Crippen molar-refractivity contribution in [3.05, 3.63) is 59.9 Å². The number of ether oxygens (including phenoxy) is 1. The summed E-state index contributed by atoms with van der Waals surface area (Å²) >= 11 is 0. The second-order valence-corrected chi connectivity index (χ2v) is 4.27. The summed E-state index contributed by atoms with van der Waals surface area (Å²) in [5, 5.41) is 0. The zero-order valence-electron chi connectivity index (χ0n) is 11.5. The minimum Gasteiger partial charge on any atom is -0.497 e. The van der Waals surface area contributed by atoms with Crippen LogP contribution in [0.25, 0.3) is 0 Å². The molecule has 0 spiro atoms. The van der Waals surface area contributed by atoms with Crippen LogP contribution in [0.1, 0.15) is 15.9 Å². The van der Waals surface area contributed by atoms with Crippen molar-refractivity contribution in [2.24, 2.45) is 0 Å². The maximum Gasteiger partial charge on any atom is 0.271 e. The minimum absolute atomic E-state index is 0.143. The minimum atomic E-state index is -0.415. The maximum atomic E-state index is 11.8. The van der Waals surface area contributed by atoms with E-state index in [1.807, 2.05) is 6.07 Å². The van der Waals surface area contributed by atoms with E-state index in [4.69, 9.17) is 4.74 Å². The summed E-state index contributed by atoms with van der Waals surface area (Å²) in [5.41, 5.74) is 5.87. The molecule has 2 amide bonds. The fraction of sp³-hybridized carbons (Fsp3) is 0.133. The summed E-state index contributed by atoms with van der Waals surface area (Å²) in [7, 11) is 1.56. The van der Waals surface area contributed by atoms with Crippen molar-refractivity contribution >= 4 is 11.8 Å². The molecule has 0 aliphatic rings. The molecule has 6 nitrogen and oxygen atoms in total. The predicted molar refractivity (Wildman–Crippen MR) is 76.5 cm³/mol. The topological polar surface area (TPSA) is 80.3 Å². The first kappa shape index (κ1) is 14.5. The Hall–Kier alpha value is -2.89. The second-order valence-electron chi connectivity index (χ2n) is 4.27. The molecular formula is C15H15N3O3. The Kier molecular flexibility index (Phi) is 4.87. The van der Waals surface area contributed by atoms with Gasteiger partial charge in [-0.3, -0.25) is 25.4 Å². The number of benzene rings is 1. The summed E-state index contributed by atoms with van der Waals surface area (Å²) in [5.74, 6) is -0.0534. The number of hydrazine groups is 1. The third-order valence-corrected chi connectivity index (χ3v) is 2.74. The Bertz CT molecular complexity index is 629. The number of amides is 2. The number of carbonyl (C=O) groups is 2. The molecule has 1 heterocycles. The summed E-state index contributed by atoms with van der Waals surface area (Å²) in [6.07, 6.45) is 3.13. The number of nitrogens with zero attached hydrogens (tertiary/aromatic N) is 1. The molecule has 2 aromatic rings. The molecule has 21 heavy (non-hydrogen) atoms. The summed E-state index contributed by atoms with van der Waals surface area (Å²) in [4.78, 5) is 27.3. The van der Waals surface area contributed by atoms with Gasteiger partial charge in [-0.05, 0) is 29.8 Å². The van der Waals surface area contributed by atoms with Crippen molar-refractivity contribution in [3.8, 4) is 5.75 Å². The van der Waals surface area contributed by atoms with E-state index in [1.54, 1.807) is 43.6 Å². The molecule has 0 saturated carbocycles. The molecule has 0 aliphatic carbocycles. The van der Waals surface area contributed by atoms with Gasteiger partial charge >= 0.3 is 0 Å². The predicted octanol–water partition coefficient (Wildman–Crippen LogP) is 1.09. The van der Waals surface area contributed by atoms with E-state index in [9.17, 15) is 9.59 Å². The van der Waals surface area contributed by atoms with Crippen molar-refractivity contribution in [2.45, 2.75) is 6.42 Å². The second kappa shape index (κ2) is 7.04. The van der Waals surface area contributed by atoms with E-state index in [1.165, 1.54) is 6.20 Å². The average Bonchev–Trinajstić information content (AvgIpc) is 2.53. The zero-order valence-corrected chi connectivity index (χ0v) is 11.5. The number of hydrogen-bond acceptors (Lipinski definition) is 4. The lowest BCUT2D eigenvalue weighted by Gasteiger charge is -2.08. The van der Waals surface area contributed by atoms with Gasteiger partial charge in [0, 0.05) is 12.4 Å². The van der Waals surface area contributed by atoms with Gasteiger partial charge in [-0.25, -0.2) is 0 Å². The largest absolute Gasteiger partial charge is 0.497 e. The molecule has 0 radical (unpaired) electrons. The fourth-order valence-corrected chi connectivity index (χ4v) is 1.71. The Labute approximate surface area is 122 Å². The molecule has 0 bridgehead atoms. The normalized spacial score (nSPS) is 9.76. The monoisotopic (exact) mass is 285 g/mol. The van der Waals surface area contributed by atoms with Crippen LogP contribution in [-0.2, 0) is 11.2 Å². The van der Waals surface area contributed by atoms with E-state index in [0.717, 1.165) is 5.56 Å². The first-order valence-corrected chi connectivity index (χ1v) is 6.31. The van der Waals surface area contributed by atoms with Gasteiger partial charge in [0.25, 0.3) is 5.91 Å². The van der Waals surface area contributed by atoms with Crippen molar-refractivity contribution in [1.29, 1.82) is 0 Å². The summed E-state index contributed by atoms with van der Waals surface area (Å²) < 4.78 is 5.08. The number of methoxy groups -OCH3 is 1. The number of nitrogens with one attached hydrogen (secondary N) is 2. The molecule has 1 aromatic heterocycles. The molecule has 0 aliphatic heterocycles. The Morgan fingerprint density at radius 1 is 1.19 bits per heavy atom. The Morgan fingerprint density at radius 2 is 2.05 bits per heavy atom. The van der Waals surface area contributed by atoms with Crippen molar-refractivity contribution < 1.29 is 14.3 Å². The van der Waals surface area contributed by atoms with E-state index < -0.39 is 5.91 Å². The SMILES string of the molecule is COc1cccc(CC(=O)NNC(=O)c2cccnc2)c1. The van der Waals surface area contributed by atoms with Gasteiger partial charge in [0.1, 0.15) is 5.75 Å². The van der Waals surface area contributed by atoms with E-state index in [2.05, 4.69) is 15.8 Å². The highest BCUT2D eigenvalue weighted by Gasteiger charge is 2.08. The van der Waals surface area contributed by atoms with Crippen LogP contribution >= 0.6 is 0 Å². The van der Waals surface area contributed by atoms with Crippen molar-refractivity contribution in [2.75, 3.05) is 7.11 Å². The van der Waals surface area contributed by atoms with Crippen LogP contribution in [0.5, 0.6) is 5.75 Å². The van der Waals surface area contributed by atoms with Crippen LogP contribution in [-0.4, -0.2) is 23.9 Å². The Morgan fingerprint density at radius 3 is 2.76 bits per heavy atom. The quantitative estimate of drug-likeness (QED) is 0.824. The van der Waals surface area contributed by atoms with Crippen LogP contribution in [0.3, 0.4) is 0 Å². The highest BCUT2D eigenvalue weighted by atomic mass is 16.5. The molecule has 6 heteroatoms. The van der Waals surface area contributed by atoms with Crippen molar-refractivity contribution in [3.63, 3.8) is 0 Å². The molecule has 2 rings (SSSR count). The molecule has 0 atom stereocenters. The van der Waals surface area contributed by atoms with Crippen LogP contribution < -0.4 is 15.6 Å². The molecule has 2 N–H and O–H groups in total. The first-order valence-electron chi connectivity index (χ1n) is 6.31.